The van der Waals surface area contributed by atoms with Crippen molar-refractivity contribution in [3.8, 4) is 12.0 Å². The quantitative estimate of drug-likeness (QED) is 0.516. The molecule has 0 unspecified atom stereocenters. The summed E-state index contributed by atoms with van der Waals surface area (Å²) in [4.78, 5) is 1.95. The summed E-state index contributed by atoms with van der Waals surface area (Å²) in [6, 6.07) is 10.8. The molecule has 1 aromatic carbocycles. The Morgan fingerprint density at radius 1 is 1.31 bits per heavy atom. The van der Waals surface area contributed by atoms with E-state index in [0.717, 1.165) is 11.6 Å². The fourth-order valence-corrected chi connectivity index (χ4v) is 1.22. The average Bonchev–Trinajstić information content (AvgIpc) is 2.09. The molecule has 0 aliphatic carbocycles. The second-order valence-electron chi connectivity index (χ2n) is 2.84. The lowest BCUT2D eigenvalue weighted by atomic mass is 10.2. The van der Waals surface area contributed by atoms with Crippen molar-refractivity contribution in [2.45, 2.75) is 13.5 Å². The SMILES string of the molecule is CC#CN(C)Cc1ccc(Cl)cc1. The largest absolute Gasteiger partial charge is 0.331 e. The Labute approximate surface area is 84.3 Å². The maximum atomic E-state index is 5.77. The second-order valence-corrected chi connectivity index (χ2v) is 3.28. The van der Waals surface area contributed by atoms with E-state index >= 15 is 0 Å². The lowest BCUT2D eigenvalue weighted by molar-refractivity contribution is 0.478. The van der Waals surface area contributed by atoms with Crippen LogP contribution in [0.4, 0.5) is 0 Å². The fourth-order valence-electron chi connectivity index (χ4n) is 1.09. The van der Waals surface area contributed by atoms with Gasteiger partial charge in [0.2, 0.25) is 0 Å². The smallest absolute Gasteiger partial charge is 0.0507 e. The molecule has 0 saturated heterocycles. The van der Waals surface area contributed by atoms with Crippen molar-refractivity contribution in [2.24, 2.45) is 0 Å². The van der Waals surface area contributed by atoms with Gasteiger partial charge in [-0.3, -0.25) is 0 Å². The van der Waals surface area contributed by atoms with E-state index in [4.69, 9.17) is 11.6 Å². The molecule has 1 nitrogen and oxygen atoms in total. The van der Waals surface area contributed by atoms with E-state index in [2.05, 4.69) is 12.0 Å². The summed E-state index contributed by atoms with van der Waals surface area (Å²) in [5.41, 5.74) is 1.22. The Morgan fingerprint density at radius 2 is 1.92 bits per heavy atom. The normalized spacial score (nSPS) is 8.85. The molecule has 1 rings (SSSR count). The highest BCUT2D eigenvalue weighted by Crippen LogP contribution is 2.10. The monoisotopic (exact) mass is 193 g/mol. The Kier molecular flexibility index (Phi) is 3.67. The van der Waals surface area contributed by atoms with Crippen LogP contribution in [0.3, 0.4) is 0 Å². The van der Waals surface area contributed by atoms with Crippen LogP contribution in [0.25, 0.3) is 0 Å². The third-order valence-corrected chi connectivity index (χ3v) is 1.89. The molecule has 0 fully saturated rings. The van der Waals surface area contributed by atoms with Gasteiger partial charge < -0.3 is 4.90 Å². The number of rotatable bonds is 2. The van der Waals surface area contributed by atoms with Crippen molar-refractivity contribution in [3.05, 3.63) is 34.9 Å². The molecule has 0 aliphatic rings. The van der Waals surface area contributed by atoms with Gasteiger partial charge in [-0.1, -0.05) is 29.7 Å². The van der Waals surface area contributed by atoms with Crippen molar-refractivity contribution < 1.29 is 0 Å². The molecule has 0 aliphatic heterocycles. The Hall–Kier alpha value is -1.13. The molecular weight excluding hydrogens is 182 g/mol. The summed E-state index contributed by atoms with van der Waals surface area (Å²) >= 11 is 5.77. The lowest BCUT2D eigenvalue weighted by Crippen LogP contribution is -2.10. The molecule has 0 spiro atoms. The zero-order chi connectivity index (χ0) is 9.68. The Bertz CT molecular complexity index is 318. The zero-order valence-electron chi connectivity index (χ0n) is 7.84. The average molecular weight is 194 g/mol. The minimum atomic E-state index is 0.771. The van der Waals surface area contributed by atoms with Crippen LogP contribution in [-0.4, -0.2) is 11.9 Å². The summed E-state index contributed by atoms with van der Waals surface area (Å²) in [5.74, 6) is 2.85. The van der Waals surface area contributed by atoms with Crippen LogP contribution in [0.5, 0.6) is 0 Å². The Balaban J connectivity index is 2.62. The topological polar surface area (TPSA) is 3.24 Å². The summed E-state index contributed by atoms with van der Waals surface area (Å²) in [6.45, 7) is 2.66. The van der Waals surface area contributed by atoms with Gasteiger partial charge in [0, 0.05) is 18.1 Å². The first-order chi connectivity index (χ1) is 6.22. The summed E-state index contributed by atoms with van der Waals surface area (Å²) in [6.07, 6.45) is 0. The van der Waals surface area contributed by atoms with E-state index in [0.29, 0.717) is 0 Å². The number of benzene rings is 1. The van der Waals surface area contributed by atoms with Crippen LogP contribution >= 0.6 is 11.6 Å². The van der Waals surface area contributed by atoms with Gasteiger partial charge in [0.1, 0.15) is 0 Å². The van der Waals surface area contributed by atoms with Gasteiger partial charge in [0.05, 0.1) is 6.54 Å². The summed E-state index contributed by atoms with van der Waals surface area (Å²) < 4.78 is 0. The van der Waals surface area contributed by atoms with Gasteiger partial charge in [-0.2, -0.15) is 0 Å². The second kappa shape index (κ2) is 4.79. The third-order valence-electron chi connectivity index (χ3n) is 1.64. The van der Waals surface area contributed by atoms with E-state index < -0.39 is 0 Å². The highest BCUT2D eigenvalue weighted by atomic mass is 35.5. The van der Waals surface area contributed by atoms with Gasteiger partial charge >= 0.3 is 0 Å². The molecule has 68 valence electrons. The molecule has 0 N–H and O–H groups in total. The van der Waals surface area contributed by atoms with E-state index in [-0.39, 0.29) is 0 Å². The van der Waals surface area contributed by atoms with E-state index in [1.807, 2.05) is 43.1 Å². The number of hydrogen-bond donors (Lipinski definition) is 0. The van der Waals surface area contributed by atoms with Gasteiger partial charge in [-0.25, -0.2) is 0 Å². The minimum absolute atomic E-state index is 0.771. The number of hydrogen-bond acceptors (Lipinski definition) is 1. The van der Waals surface area contributed by atoms with Crippen LogP contribution in [-0.2, 0) is 6.54 Å². The van der Waals surface area contributed by atoms with Gasteiger partial charge in [0.25, 0.3) is 0 Å². The fraction of sp³-hybridized carbons (Fsp3) is 0.273. The number of nitrogens with zero attached hydrogens (tertiary/aromatic N) is 1. The molecule has 0 amide bonds. The van der Waals surface area contributed by atoms with Crippen molar-refractivity contribution in [3.63, 3.8) is 0 Å². The predicted molar refractivity (Wildman–Crippen MR) is 56.4 cm³/mol. The van der Waals surface area contributed by atoms with Crippen molar-refractivity contribution in [1.82, 2.24) is 4.90 Å². The first-order valence-corrected chi connectivity index (χ1v) is 4.48. The molecule has 0 heterocycles. The third kappa shape index (κ3) is 3.40. The summed E-state index contributed by atoms with van der Waals surface area (Å²) in [5, 5.41) is 0.771. The highest BCUT2D eigenvalue weighted by molar-refractivity contribution is 6.30. The van der Waals surface area contributed by atoms with Crippen LogP contribution in [0.15, 0.2) is 24.3 Å². The zero-order valence-corrected chi connectivity index (χ0v) is 8.60. The first-order valence-electron chi connectivity index (χ1n) is 4.10. The van der Waals surface area contributed by atoms with Crippen molar-refractivity contribution >= 4 is 11.6 Å². The number of halogens is 1. The molecule has 13 heavy (non-hydrogen) atoms. The molecule has 0 aromatic heterocycles. The molecule has 0 saturated carbocycles. The minimum Gasteiger partial charge on any atom is -0.331 e. The van der Waals surface area contributed by atoms with E-state index in [9.17, 15) is 0 Å². The maximum absolute atomic E-state index is 5.77. The van der Waals surface area contributed by atoms with Gasteiger partial charge in [-0.15, -0.1) is 0 Å². The van der Waals surface area contributed by atoms with Crippen LogP contribution in [0, 0.1) is 12.0 Å². The Morgan fingerprint density at radius 3 is 2.46 bits per heavy atom. The van der Waals surface area contributed by atoms with Crippen molar-refractivity contribution in [2.75, 3.05) is 7.05 Å². The van der Waals surface area contributed by atoms with Crippen molar-refractivity contribution in [1.29, 1.82) is 0 Å². The molecule has 0 radical (unpaired) electrons. The molecule has 1 aromatic rings. The molecule has 0 bridgehead atoms. The standard InChI is InChI=1S/C11H12ClN/c1-3-8-13(2)9-10-4-6-11(12)7-5-10/h4-7H,9H2,1-2H3. The maximum Gasteiger partial charge on any atom is 0.0507 e. The highest BCUT2D eigenvalue weighted by Gasteiger charge is 1.94. The van der Waals surface area contributed by atoms with E-state index in [1.54, 1.807) is 0 Å². The first kappa shape index (κ1) is 9.95. The molecule has 0 atom stereocenters. The van der Waals surface area contributed by atoms with Crippen LogP contribution < -0.4 is 0 Å². The lowest BCUT2D eigenvalue weighted by Gasteiger charge is -2.10. The van der Waals surface area contributed by atoms with Gasteiger partial charge in [0.15, 0.2) is 0 Å². The van der Waals surface area contributed by atoms with Gasteiger partial charge in [-0.05, 0) is 24.6 Å². The van der Waals surface area contributed by atoms with Crippen LogP contribution in [0.2, 0.25) is 5.02 Å². The van der Waals surface area contributed by atoms with Crippen LogP contribution in [0.1, 0.15) is 12.5 Å². The summed E-state index contributed by atoms with van der Waals surface area (Å²) in [7, 11) is 1.96. The molecule has 2 heteroatoms. The van der Waals surface area contributed by atoms with E-state index in [1.165, 1.54) is 5.56 Å². The predicted octanol–water partition coefficient (Wildman–Crippen LogP) is 2.75. The molecular formula is C11H12ClN.